The lowest BCUT2D eigenvalue weighted by atomic mass is 10.1. The molecule has 0 radical (unpaired) electrons. The molecule has 0 bridgehead atoms. The van der Waals surface area contributed by atoms with Crippen LogP contribution in [0, 0.1) is 3.70 Å². The predicted molar refractivity (Wildman–Crippen MR) is 126 cm³/mol. The number of fused-ring (bicyclic) bond motifs is 1. The fraction of sp³-hybridized carbons (Fsp3) is 0.609. The van der Waals surface area contributed by atoms with Gasteiger partial charge < -0.3 is 14.6 Å². The van der Waals surface area contributed by atoms with Crippen LogP contribution in [0.5, 0.6) is 5.75 Å². The molecule has 0 saturated carbocycles. The second-order valence-corrected chi connectivity index (χ2v) is 8.93. The van der Waals surface area contributed by atoms with E-state index in [1.807, 2.05) is 18.2 Å². The van der Waals surface area contributed by atoms with Gasteiger partial charge >= 0.3 is 5.97 Å². The van der Waals surface area contributed by atoms with Crippen molar-refractivity contribution < 1.29 is 9.53 Å². The highest BCUT2D eigenvalue weighted by atomic mass is 127. The molecule has 5 heteroatoms. The van der Waals surface area contributed by atoms with Crippen molar-refractivity contribution >= 4 is 39.5 Å². The quantitative estimate of drug-likeness (QED) is 0.152. The number of H-pyrrole nitrogens is 1. The van der Waals surface area contributed by atoms with E-state index in [1.54, 1.807) is 0 Å². The summed E-state index contributed by atoms with van der Waals surface area (Å²) in [4.78, 5) is 18.0. The Balaban J connectivity index is 1.88. The number of nitrogens with zero attached hydrogens (tertiary/aromatic N) is 1. The summed E-state index contributed by atoms with van der Waals surface area (Å²) in [5, 5.41) is 1.05. The normalized spacial score (nSPS) is 11.5. The molecule has 0 unspecified atom stereocenters. The number of carbonyl (C=O) groups excluding carboxylic acids is 1. The van der Waals surface area contributed by atoms with Crippen molar-refractivity contribution in [2.24, 2.45) is 0 Å². The number of hydrogen-bond donors (Lipinski definition) is 1. The van der Waals surface area contributed by atoms with Gasteiger partial charge in [-0.3, -0.25) is 4.79 Å². The Labute approximate surface area is 183 Å². The van der Waals surface area contributed by atoms with Crippen LogP contribution in [0.1, 0.15) is 70.3 Å². The third-order valence-electron chi connectivity index (χ3n) is 5.10. The van der Waals surface area contributed by atoms with Gasteiger partial charge in [-0.2, -0.15) is 0 Å². The first-order valence-corrected chi connectivity index (χ1v) is 11.7. The van der Waals surface area contributed by atoms with Gasteiger partial charge in [-0.1, -0.05) is 57.9 Å². The SMILES string of the molecule is CCCCCCCCCCC(=O)Oc1cccc2[nH]c(I)c(CCN(C)C)c12. The van der Waals surface area contributed by atoms with Gasteiger partial charge in [0.25, 0.3) is 0 Å². The largest absolute Gasteiger partial charge is 0.426 e. The van der Waals surface area contributed by atoms with Gasteiger partial charge in [-0.05, 0) is 67.2 Å². The summed E-state index contributed by atoms with van der Waals surface area (Å²) < 4.78 is 6.90. The number of likely N-dealkylation sites (N-methyl/N-ethyl adjacent to an activating group) is 1. The van der Waals surface area contributed by atoms with Crippen molar-refractivity contribution in [3.8, 4) is 5.75 Å². The number of benzene rings is 1. The Bertz CT molecular complexity index is 740. The van der Waals surface area contributed by atoms with Crippen LogP contribution < -0.4 is 4.74 Å². The molecule has 0 spiro atoms. The minimum Gasteiger partial charge on any atom is -0.426 e. The Kier molecular flexibility index (Phi) is 10.3. The first-order valence-electron chi connectivity index (χ1n) is 10.7. The van der Waals surface area contributed by atoms with E-state index in [0.29, 0.717) is 12.2 Å². The number of hydrogen-bond acceptors (Lipinski definition) is 3. The fourth-order valence-electron chi connectivity index (χ4n) is 3.48. The molecule has 28 heavy (non-hydrogen) atoms. The van der Waals surface area contributed by atoms with Crippen molar-refractivity contribution in [3.05, 3.63) is 27.5 Å². The lowest BCUT2D eigenvalue weighted by Crippen LogP contribution is -2.15. The molecule has 1 aromatic carbocycles. The minimum absolute atomic E-state index is 0.117. The lowest BCUT2D eigenvalue weighted by Gasteiger charge is -2.11. The predicted octanol–water partition coefficient (Wildman–Crippen LogP) is 6.31. The topological polar surface area (TPSA) is 45.3 Å². The zero-order valence-corrected chi connectivity index (χ0v) is 19.8. The lowest BCUT2D eigenvalue weighted by molar-refractivity contribution is -0.134. The molecule has 0 aliphatic heterocycles. The van der Waals surface area contributed by atoms with Crippen molar-refractivity contribution in [1.82, 2.24) is 9.88 Å². The van der Waals surface area contributed by atoms with Crippen LogP contribution in [0.2, 0.25) is 0 Å². The number of carbonyl (C=O) groups is 1. The average Bonchev–Trinajstić information content (AvgIpc) is 2.98. The monoisotopic (exact) mass is 498 g/mol. The standard InChI is InChI=1S/C23H35IN2O2/c1-4-5-6-7-8-9-10-11-15-21(27)28-20-14-12-13-19-22(20)18(23(24)25-19)16-17-26(2)3/h12-14,25H,4-11,15-17H2,1-3H3. The van der Waals surface area contributed by atoms with Crippen LogP contribution in [-0.2, 0) is 11.2 Å². The number of halogens is 1. The molecule has 0 aliphatic rings. The summed E-state index contributed by atoms with van der Waals surface area (Å²) in [6.07, 6.45) is 11.3. The van der Waals surface area contributed by atoms with Crippen LogP contribution >= 0.6 is 22.6 Å². The van der Waals surface area contributed by atoms with Crippen LogP contribution in [0.25, 0.3) is 10.9 Å². The Hall–Kier alpha value is -1.08. The number of ether oxygens (including phenoxy) is 1. The second-order valence-electron chi connectivity index (χ2n) is 7.85. The molecule has 0 fully saturated rings. The highest BCUT2D eigenvalue weighted by Crippen LogP contribution is 2.32. The molecular weight excluding hydrogens is 463 g/mol. The average molecular weight is 498 g/mol. The molecule has 4 nitrogen and oxygen atoms in total. The van der Waals surface area contributed by atoms with Gasteiger partial charge in [0.2, 0.25) is 0 Å². The maximum Gasteiger partial charge on any atom is 0.311 e. The number of aromatic nitrogens is 1. The molecule has 156 valence electrons. The highest BCUT2D eigenvalue weighted by molar-refractivity contribution is 14.1. The van der Waals surface area contributed by atoms with Gasteiger partial charge in [0.15, 0.2) is 0 Å². The Morgan fingerprint density at radius 1 is 1.07 bits per heavy atom. The number of aromatic amines is 1. The van der Waals surface area contributed by atoms with E-state index < -0.39 is 0 Å². The van der Waals surface area contributed by atoms with E-state index in [4.69, 9.17) is 4.74 Å². The van der Waals surface area contributed by atoms with Crippen molar-refractivity contribution in [2.45, 2.75) is 71.1 Å². The van der Waals surface area contributed by atoms with E-state index in [1.165, 1.54) is 44.1 Å². The van der Waals surface area contributed by atoms with Gasteiger partial charge in [-0.25, -0.2) is 0 Å². The Morgan fingerprint density at radius 3 is 2.43 bits per heavy atom. The summed E-state index contributed by atoms with van der Waals surface area (Å²) in [7, 11) is 4.15. The third-order valence-corrected chi connectivity index (χ3v) is 6.03. The smallest absolute Gasteiger partial charge is 0.311 e. The first-order chi connectivity index (χ1) is 13.5. The molecule has 1 heterocycles. The van der Waals surface area contributed by atoms with E-state index in [2.05, 4.69) is 53.5 Å². The number of nitrogens with one attached hydrogen (secondary N) is 1. The molecule has 2 rings (SSSR count). The van der Waals surface area contributed by atoms with Crippen LogP contribution in [0.15, 0.2) is 18.2 Å². The molecular formula is C23H35IN2O2. The highest BCUT2D eigenvalue weighted by Gasteiger charge is 2.16. The molecule has 0 amide bonds. The van der Waals surface area contributed by atoms with Gasteiger partial charge in [0.1, 0.15) is 5.75 Å². The van der Waals surface area contributed by atoms with Crippen LogP contribution in [0.4, 0.5) is 0 Å². The second kappa shape index (κ2) is 12.5. The summed E-state index contributed by atoms with van der Waals surface area (Å²) in [6.45, 7) is 3.20. The number of unbranched alkanes of at least 4 members (excludes halogenated alkanes) is 7. The van der Waals surface area contributed by atoms with E-state index in [-0.39, 0.29) is 5.97 Å². The molecule has 1 aromatic heterocycles. The molecule has 0 aliphatic carbocycles. The van der Waals surface area contributed by atoms with E-state index in [0.717, 1.165) is 40.4 Å². The molecule has 2 aromatic rings. The number of esters is 1. The summed E-state index contributed by atoms with van der Waals surface area (Å²) in [6, 6.07) is 5.91. The van der Waals surface area contributed by atoms with Crippen molar-refractivity contribution in [3.63, 3.8) is 0 Å². The summed E-state index contributed by atoms with van der Waals surface area (Å²) in [5.41, 5.74) is 2.27. The van der Waals surface area contributed by atoms with Crippen molar-refractivity contribution in [1.29, 1.82) is 0 Å². The summed E-state index contributed by atoms with van der Waals surface area (Å²) >= 11 is 2.34. The zero-order valence-electron chi connectivity index (χ0n) is 17.7. The Morgan fingerprint density at radius 2 is 1.75 bits per heavy atom. The minimum atomic E-state index is -0.117. The van der Waals surface area contributed by atoms with Crippen LogP contribution in [0.3, 0.4) is 0 Å². The fourth-order valence-corrected chi connectivity index (χ4v) is 4.31. The summed E-state index contributed by atoms with van der Waals surface area (Å²) in [5.74, 6) is 0.572. The van der Waals surface area contributed by atoms with Gasteiger partial charge in [0, 0.05) is 18.4 Å². The van der Waals surface area contributed by atoms with Crippen molar-refractivity contribution in [2.75, 3.05) is 20.6 Å². The molecule has 0 saturated heterocycles. The maximum absolute atomic E-state index is 12.4. The van der Waals surface area contributed by atoms with Gasteiger partial charge in [0.05, 0.1) is 9.22 Å². The molecule has 1 N–H and O–H groups in total. The third kappa shape index (κ3) is 7.39. The van der Waals surface area contributed by atoms with E-state index in [9.17, 15) is 4.79 Å². The van der Waals surface area contributed by atoms with Crippen LogP contribution in [-0.4, -0.2) is 36.5 Å². The number of rotatable bonds is 13. The first kappa shape index (κ1) is 23.2. The van der Waals surface area contributed by atoms with Gasteiger partial charge in [-0.15, -0.1) is 0 Å². The maximum atomic E-state index is 12.4. The van der Waals surface area contributed by atoms with E-state index >= 15 is 0 Å². The zero-order chi connectivity index (χ0) is 20.4. The molecule has 0 atom stereocenters.